The molecule has 1 aromatic heterocycles. The van der Waals surface area contributed by atoms with Gasteiger partial charge in [0.1, 0.15) is 0 Å². The average molecular weight is 966 g/mol. The standard InChI is InChI=1S/C68H73BN2S/c1-61(2)22-24-63(5,6)47-32-42(18-20-45(47)61)70-54-36-51-50(66(10)27-28-67(51,11)39-66)35-53(54)69-58-55(70)30-41(40-16-14-13-15-17-40)31-56(58)71(43-19-21-46-48(33-43)64(7,8)25-23-62(46,3)4)59-44-34-49-52(37-57(44)72-60(59)69)68(12)29-26-65(49,9)38-68/h13-21,30-37H,22-29,38-39H2,1-12H3/i13D,14D,15D,16D,17D. The smallest absolute Gasteiger partial charge is 0.264 e. The van der Waals surface area contributed by atoms with Gasteiger partial charge in [-0.25, -0.2) is 0 Å². The van der Waals surface area contributed by atoms with Crippen LogP contribution < -0.4 is 25.5 Å². The van der Waals surface area contributed by atoms with Crippen LogP contribution in [0.15, 0.2) is 103 Å². The summed E-state index contributed by atoms with van der Waals surface area (Å²) in [6.07, 6.45) is 11.6. The number of thiophene rings is 1. The number of anilines is 6. The van der Waals surface area contributed by atoms with Crippen LogP contribution in [0.25, 0.3) is 21.2 Å². The van der Waals surface area contributed by atoms with E-state index in [0.29, 0.717) is 5.56 Å². The lowest BCUT2D eigenvalue weighted by Gasteiger charge is -2.46. The molecule has 72 heavy (non-hydrogen) atoms. The molecule has 0 N–H and O–H groups in total. The van der Waals surface area contributed by atoms with Crippen molar-refractivity contribution in [2.45, 2.75) is 191 Å². The third-order valence-electron chi connectivity index (χ3n) is 21.5. The molecule has 3 heterocycles. The lowest BCUT2D eigenvalue weighted by atomic mass is 9.35. The first kappa shape index (κ1) is 39.4. The fraction of sp³-hybridized carbons (Fsp3) is 0.441. The van der Waals surface area contributed by atoms with Crippen LogP contribution in [0.2, 0.25) is 0 Å². The normalized spacial score (nSPS) is 29.6. The van der Waals surface area contributed by atoms with Crippen LogP contribution in [0.4, 0.5) is 34.1 Å². The SMILES string of the molecule is [2H]c1c([2H])c([2H])c(-c2cc3c4c(c2)N(c2ccc5c(c2)C(C)(C)CCC5(C)C)c2c(sc5cc6c(cc25)C2(C)CCC6(C)C2)B4c2cc4c(cc2N3c2ccc3c(c2)C(C)(C)CCC3(C)C)C2(C)CCC4(C)C2)c([2H])c1[2H]. The van der Waals surface area contributed by atoms with Crippen molar-refractivity contribution < 1.29 is 6.85 Å². The van der Waals surface area contributed by atoms with Crippen molar-refractivity contribution >= 4 is 78.0 Å². The fourth-order valence-corrected chi connectivity index (χ4v) is 18.5. The van der Waals surface area contributed by atoms with Gasteiger partial charge in [-0.05, 0) is 229 Å². The van der Waals surface area contributed by atoms with Gasteiger partial charge in [0.2, 0.25) is 0 Å². The largest absolute Gasteiger partial charge is 0.311 e. The second-order valence-corrected chi connectivity index (χ2v) is 29.4. The maximum absolute atomic E-state index is 9.63. The van der Waals surface area contributed by atoms with E-state index in [1.165, 1.54) is 114 Å². The fourth-order valence-electron chi connectivity index (χ4n) is 17.2. The summed E-state index contributed by atoms with van der Waals surface area (Å²) in [6, 6.07) is 28.2. The molecule has 0 spiro atoms. The third kappa shape index (κ3) is 5.64. The first-order chi connectivity index (χ1) is 36.1. The molecule has 4 unspecified atom stereocenters. The molecule has 15 rings (SSSR count). The molecule has 2 saturated carbocycles. The van der Waals surface area contributed by atoms with Crippen molar-refractivity contribution in [1.82, 2.24) is 0 Å². The van der Waals surface area contributed by atoms with Crippen LogP contribution in [-0.4, -0.2) is 6.71 Å². The van der Waals surface area contributed by atoms with Gasteiger partial charge in [0, 0.05) is 43.3 Å². The van der Waals surface area contributed by atoms with E-state index in [4.69, 9.17) is 4.11 Å². The van der Waals surface area contributed by atoms with E-state index in [2.05, 4.69) is 166 Å². The summed E-state index contributed by atoms with van der Waals surface area (Å²) in [6.45, 7) is 29.2. The Bertz CT molecular complexity index is 3870. The molecule has 8 aliphatic rings. The van der Waals surface area contributed by atoms with E-state index in [9.17, 15) is 2.74 Å². The Morgan fingerprint density at radius 3 is 1.47 bits per heavy atom. The van der Waals surface area contributed by atoms with Crippen LogP contribution in [0.5, 0.6) is 0 Å². The van der Waals surface area contributed by atoms with Crippen LogP contribution >= 0.6 is 11.3 Å². The highest BCUT2D eigenvalue weighted by molar-refractivity contribution is 7.33. The number of benzene rings is 6. The van der Waals surface area contributed by atoms with Gasteiger partial charge < -0.3 is 9.80 Å². The van der Waals surface area contributed by atoms with Crippen molar-refractivity contribution in [2.75, 3.05) is 9.80 Å². The van der Waals surface area contributed by atoms with Gasteiger partial charge in [-0.2, -0.15) is 0 Å². The monoisotopic (exact) mass is 966 g/mol. The minimum atomic E-state index is -0.372. The molecule has 4 bridgehead atoms. The lowest BCUT2D eigenvalue weighted by Crippen LogP contribution is -2.60. The molecule has 6 aliphatic carbocycles. The summed E-state index contributed by atoms with van der Waals surface area (Å²) < 4.78 is 48.9. The number of hydrogen-bond donors (Lipinski definition) is 0. The minimum absolute atomic E-state index is 0.0262. The predicted octanol–water partition coefficient (Wildman–Crippen LogP) is 16.8. The molecule has 6 aromatic carbocycles. The van der Waals surface area contributed by atoms with E-state index < -0.39 is 0 Å². The molecule has 0 amide bonds. The quantitative estimate of drug-likeness (QED) is 0.163. The number of rotatable bonds is 3. The van der Waals surface area contributed by atoms with E-state index >= 15 is 0 Å². The number of hydrogen-bond acceptors (Lipinski definition) is 3. The topological polar surface area (TPSA) is 6.48 Å². The van der Waals surface area contributed by atoms with Gasteiger partial charge in [0.05, 0.1) is 12.5 Å². The Morgan fingerprint density at radius 1 is 0.444 bits per heavy atom. The summed E-state index contributed by atoms with van der Waals surface area (Å²) in [5, 5.41) is 1.29. The van der Waals surface area contributed by atoms with Gasteiger partial charge in [-0.3, -0.25) is 0 Å². The summed E-state index contributed by atoms with van der Waals surface area (Å²) in [5.74, 6) is 0. The van der Waals surface area contributed by atoms with Gasteiger partial charge in [0.15, 0.2) is 0 Å². The first-order valence-corrected chi connectivity index (χ1v) is 28.4. The Balaban J connectivity index is 1.11. The third-order valence-corrected chi connectivity index (χ3v) is 22.7. The second-order valence-electron chi connectivity index (χ2n) is 28.3. The summed E-state index contributed by atoms with van der Waals surface area (Å²) in [4.78, 5) is 5.14. The minimum Gasteiger partial charge on any atom is -0.311 e. The van der Waals surface area contributed by atoms with E-state index in [1.54, 1.807) is 0 Å². The molecule has 2 aliphatic heterocycles. The van der Waals surface area contributed by atoms with Gasteiger partial charge in [-0.15, -0.1) is 11.3 Å². The first-order valence-electron chi connectivity index (χ1n) is 30.0. The Labute approximate surface area is 441 Å². The van der Waals surface area contributed by atoms with Crippen molar-refractivity contribution in [2.24, 2.45) is 0 Å². The van der Waals surface area contributed by atoms with E-state index in [0.717, 1.165) is 54.9 Å². The van der Waals surface area contributed by atoms with Gasteiger partial charge in [-0.1, -0.05) is 131 Å². The summed E-state index contributed by atoms with van der Waals surface area (Å²) in [5.41, 5.74) is 22.2. The molecule has 0 radical (unpaired) electrons. The molecule has 4 heteroatoms. The zero-order valence-corrected chi connectivity index (χ0v) is 45.7. The van der Waals surface area contributed by atoms with Crippen LogP contribution in [0, 0.1) is 0 Å². The Hall–Kier alpha value is -5.06. The molecular weight excluding hydrogens is 888 g/mol. The molecule has 4 atom stereocenters. The molecule has 2 fully saturated rings. The van der Waals surface area contributed by atoms with Crippen LogP contribution in [-0.2, 0) is 43.3 Å². The Morgan fingerprint density at radius 2 is 0.917 bits per heavy atom. The van der Waals surface area contributed by atoms with E-state index in [-0.39, 0.29) is 85.8 Å². The molecule has 364 valence electrons. The highest BCUT2D eigenvalue weighted by atomic mass is 32.1. The van der Waals surface area contributed by atoms with Crippen LogP contribution in [0.1, 0.15) is 199 Å². The summed E-state index contributed by atoms with van der Waals surface area (Å²) >= 11 is 2.00. The molecular formula is C68H73BN2S. The Kier molecular flexibility index (Phi) is 7.45. The van der Waals surface area contributed by atoms with Crippen molar-refractivity contribution in [3.8, 4) is 11.1 Å². The molecule has 2 nitrogen and oxygen atoms in total. The predicted molar refractivity (Wildman–Crippen MR) is 309 cm³/mol. The maximum atomic E-state index is 9.63. The zero-order chi connectivity index (χ0) is 54.0. The highest BCUT2D eigenvalue weighted by Gasteiger charge is 2.57. The van der Waals surface area contributed by atoms with Crippen molar-refractivity contribution in [3.05, 3.63) is 148 Å². The molecule has 0 saturated heterocycles. The number of fused-ring (bicyclic) bond motifs is 18. The second kappa shape index (κ2) is 13.6. The van der Waals surface area contributed by atoms with Crippen molar-refractivity contribution in [1.29, 1.82) is 0 Å². The van der Waals surface area contributed by atoms with Crippen molar-refractivity contribution in [3.63, 3.8) is 0 Å². The summed E-state index contributed by atoms with van der Waals surface area (Å²) in [7, 11) is 0. The lowest BCUT2D eigenvalue weighted by molar-refractivity contribution is 0.332. The zero-order valence-electron chi connectivity index (χ0n) is 49.9. The highest BCUT2D eigenvalue weighted by Crippen LogP contribution is 2.64. The maximum Gasteiger partial charge on any atom is 0.264 e. The molecule has 7 aromatic rings. The van der Waals surface area contributed by atoms with Crippen LogP contribution in [0.3, 0.4) is 0 Å². The van der Waals surface area contributed by atoms with E-state index in [1.807, 2.05) is 11.3 Å². The average Bonchev–Trinajstić information content (AvgIpc) is 3.77. The van der Waals surface area contributed by atoms with Gasteiger partial charge >= 0.3 is 0 Å². The number of nitrogens with zero attached hydrogens (tertiary/aromatic N) is 2. The van der Waals surface area contributed by atoms with Gasteiger partial charge in [0.25, 0.3) is 6.71 Å².